The summed E-state index contributed by atoms with van der Waals surface area (Å²) in [7, 11) is -1.67. The van der Waals surface area contributed by atoms with Crippen LogP contribution in [0.25, 0.3) is 11.3 Å². The number of aromatic nitrogens is 2. The average Bonchev–Trinajstić information content (AvgIpc) is 3.13. The van der Waals surface area contributed by atoms with Gasteiger partial charge in [0.25, 0.3) is 0 Å². The summed E-state index contributed by atoms with van der Waals surface area (Å²) in [4.78, 5) is 0. The predicted octanol–water partition coefficient (Wildman–Crippen LogP) is 1.61. The largest absolute Gasteiger partial charge is 0.497 e. The van der Waals surface area contributed by atoms with Crippen molar-refractivity contribution in [2.45, 2.75) is 32.6 Å². The van der Waals surface area contributed by atoms with Crippen molar-refractivity contribution in [1.29, 1.82) is 0 Å². The highest BCUT2D eigenvalue weighted by Crippen LogP contribution is 2.23. The Balaban J connectivity index is 1.54. The first-order valence-electron chi connectivity index (χ1n) is 9.39. The molecule has 1 saturated heterocycles. The van der Waals surface area contributed by atoms with Crippen LogP contribution in [-0.2, 0) is 21.3 Å². The molecule has 0 unspecified atom stereocenters. The Morgan fingerprint density at radius 2 is 1.93 bits per heavy atom. The standard InChI is InChI=1S/C19H28N4O4S/c1-14-12-23(13-15(2)27-14)28(24,25)9-8-20-10-17-11-21-22-19(17)16-4-6-18(26-3)7-5-16/h4-7,11,14-15,20H,8-10,12-13H2,1-3H3,(H,21,22)/t14-,15-/m1/s1. The Morgan fingerprint density at radius 3 is 2.57 bits per heavy atom. The van der Waals surface area contributed by atoms with Crippen molar-refractivity contribution in [2.24, 2.45) is 0 Å². The van der Waals surface area contributed by atoms with E-state index in [9.17, 15) is 8.42 Å². The molecule has 1 fully saturated rings. The van der Waals surface area contributed by atoms with Gasteiger partial charge in [0.15, 0.2) is 0 Å². The van der Waals surface area contributed by atoms with Gasteiger partial charge in [-0.15, -0.1) is 0 Å². The highest BCUT2D eigenvalue weighted by atomic mass is 32.2. The molecule has 1 aromatic heterocycles. The predicted molar refractivity (Wildman–Crippen MR) is 108 cm³/mol. The second kappa shape index (κ2) is 9.04. The monoisotopic (exact) mass is 408 g/mol. The van der Waals surface area contributed by atoms with Crippen LogP contribution in [0.3, 0.4) is 0 Å². The lowest BCUT2D eigenvalue weighted by Gasteiger charge is -2.34. The van der Waals surface area contributed by atoms with Gasteiger partial charge in [0, 0.05) is 37.3 Å². The van der Waals surface area contributed by atoms with Gasteiger partial charge in [0.1, 0.15) is 5.75 Å². The summed E-state index contributed by atoms with van der Waals surface area (Å²) in [5.41, 5.74) is 2.89. The number of sulfonamides is 1. The van der Waals surface area contributed by atoms with Gasteiger partial charge in [-0.2, -0.15) is 9.40 Å². The van der Waals surface area contributed by atoms with Crippen LogP contribution in [0.15, 0.2) is 30.5 Å². The summed E-state index contributed by atoms with van der Waals surface area (Å²) < 4.78 is 37.5. The third kappa shape index (κ3) is 5.11. The molecular formula is C19H28N4O4S. The number of methoxy groups -OCH3 is 1. The molecule has 2 atom stereocenters. The van der Waals surface area contributed by atoms with Crippen LogP contribution in [0.5, 0.6) is 5.75 Å². The molecule has 154 valence electrons. The van der Waals surface area contributed by atoms with Crippen LogP contribution >= 0.6 is 0 Å². The molecule has 9 heteroatoms. The first kappa shape index (κ1) is 20.8. The van der Waals surface area contributed by atoms with Crippen molar-refractivity contribution in [3.8, 4) is 17.0 Å². The van der Waals surface area contributed by atoms with Gasteiger partial charge in [-0.1, -0.05) is 0 Å². The number of hydrogen-bond donors (Lipinski definition) is 2. The summed E-state index contributed by atoms with van der Waals surface area (Å²) in [6, 6.07) is 7.71. The van der Waals surface area contributed by atoms with E-state index >= 15 is 0 Å². The van der Waals surface area contributed by atoms with E-state index < -0.39 is 10.0 Å². The quantitative estimate of drug-likeness (QED) is 0.645. The molecule has 2 heterocycles. The molecule has 0 bridgehead atoms. The fraction of sp³-hybridized carbons (Fsp3) is 0.526. The van der Waals surface area contributed by atoms with E-state index in [4.69, 9.17) is 9.47 Å². The first-order valence-corrected chi connectivity index (χ1v) is 11.0. The minimum absolute atomic E-state index is 0.0577. The van der Waals surface area contributed by atoms with E-state index in [0.29, 0.717) is 26.2 Å². The van der Waals surface area contributed by atoms with E-state index in [0.717, 1.165) is 22.6 Å². The van der Waals surface area contributed by atoms with E-state index in [1.165, 1.54) is 4.31 Å². The number of morpholine rings is 1. The zero-order valence-corrected chi connectivity index (χ0v) is 17.3. The molecule has 28 heavy (non-hydrogen) atoms. The van der Waals surface area contributed by atoms with E-state index in [-0.39, 0.29) is 18.0 Å². The topological polar surface area (TPSA) is 96.5 Å². The molecule has 2 aromatic rings. The lowest BCUT2D eigenvalue weighted by molar-refractivity contribution is -0.0440. The second-order valence-electron chi connectivity index (χ2n) is 7.07. The zero-order chi connectivity index (χ0) is 20.1. The van der Waals surface area contributed by atoms with Crippen molar-refractivity contribution in [2.75, 3.05) is 32.5 Å². The van der Waals surface area contributed by atoms with Crippen LogP contribution < -0.4 is 10.1 Å². The zero-order valence-electron chi connectivity index (χ0n) is 16.5. The number of nitrogens with one attached hydrogen (secondary N) is 2. The first-order chi connectivity index (χ1) is 13.4. The van der Waals surface area contributed by atoms with E-state index in [1.54, 1.807) is 13.3 Å². The molecule has 8 nitrogen and oxygen atoms in total. The van der Waals surface area contributed by atoms with Crippen molar-refractivity contribution in [3.63, 3.8) is 0 Å². The highest BCUT2D eigenvalue weighted by Gasteiger charge is 2.30. The van der Waals surface area contributed by atoms with Gasteiger partial charge in [0.05, 0.1) is 37.0 Å². The van der Waals surface area contributed by atoms with Gasteiger partial charge in [-0.25, -0.2) is 8.42 Å². The van der Waals surface area contributed by atoms with Crippen molar-refractivity contribution >= 4 is 10.0 Å². The van der Waals surface area contributed by atoms with Gasteiger partial charge in [0.2, 0.25) is 10.0 Å². The maximum atomic E-state index is 12.6. The summed E-state index contributed by atoms with van der Waals surface area (Å²) in [5, 5.41) is 10.3. The highest BCUT2D eigenvalue weighted by molar-refractivity contribution is 7.89. The van der Waals surface area contributed by atoms with Gasteiger partial charge in [-0.05, 0) is 38.1 Å². The molecule has 0 spiro atoms. The number of benzene rings is 1. The normalized spacial score (nSPS) is 21.0. The lowest BCUT2D eigenvalue weighted by atomic mass is 10.1. The number of H-pyrrole nitrogens is 1. The Kier molecular flexibility index (Phi) is 6.71. The number of nitrogens with zero attached hydrogens (tertiary/aromatic N) is 2. The molecular weight excluding hydrogens is 380 g/mol. The number of hydrogen-bond acceptors (Lipinski definition) is 6. The third-order valence-corrected chi connectivity index (χ3v) is 6.53. The SMILES string of the molecule is COc1ccc(-c2[nH]ncc2CNCCS(=O)(=O)N2C[C@@H](C)O[C@H](C)C2)cc1. The Labute approximate surface area is 166 Å². The summed E-state index contributed by atoms with van der Waals surface area (Å²) in [6.45, 7) is 5.52. The minimum atomic E-state index is -3.31. The smallest absolute Gasteiger partial charge is 0.215 e. The molecule has 0 aliphatic carbocycles. The summed E-state index contributed by atoms with van der Waals surface area (Å²) >= 11 is 0. The van der Waals surface area contributed by atoms with Gasteiger partial charge < -0.3 is 14.8 Å². The molecule has 0 saturated carbocycles. The second-order valence-corrected chi connectivity index (χ2v) is 9.15. The van der Waals surface area contributed by atoms with Crippen molar-refractivity contribution in [3.05, 3.63) is 36.0 Å². The fourth-order valence-electron chi connectivity index (χ4n) is 3.36. The van der Waals surface area contributed by atoms with Gasteiger partial charge in [-0.3, -0.25) is 5.10 Å². The maximum Gasteiger partial charge on any atom is 0.215 e. The number of ether oxygens (including phenoxy) is 2. The molecule has 2 N–H and O–H groups in total. The van der Waals surface area contributed by atoms with Crippen LogP contribution in [-0.4, -0.2) is 67.6 Å². The molecule has 3 rings (SSSR count). The molecule has 1 aliphatic heterocycles. The number of rotatable bonds is 8. The molecule has 1 aliphatic rings. The van der Waals surface area contributed by atoms with Crippen LogP contribution in [0.2, 0.25) is 0 Å². The number of aromatic amines is 1. The van der Waals surface area contributed by atoms with Gasteiger partial charge >= 0.3 is 0 Å². The van der Waals surface area contributed by atoms with E-state index in [1.807, 2.05) is 38.1 Å². The Morgan fingerprint density at radius 1 is 1.25 bits per heavy atom. The summed E-state index contributed by atoms with van der Waals surface area (Å²) in [5.74, 6) is 0.849. The summed E-state index contributed by atoms with van der Waals surface area (Å²) in [6.07, 6.45) is 1.60. The lowest BCUT2D eigenvalue weighted by Crippen LogP contribution is -2.49. The maximum absolute atomic E-state index is 12.6. The Bertz CT molecular complexity index is 856. The minimum Gasteiger partial charge on any atom is -0.497 e. The average molecular weight is 409 g/mol. The van der Waals surface area contributed by atoms with Crippen LogP contribution in [0.1, 0.15) is 19.4 Å². The van der Waals surface area contributed by atoms with Crippen molar-refractivity contribution in [1.82, 2.24) is 19.8 Å². The van der Waals surface area contributed by atoms with Crippen LogP contribution in [0.4, 0.5) is 0 Å². The Hall–Kier alpha value is -1.94. The third-order valence-electron chi connectivity index (χ3n) is 4.73. The molecule has 0 radical (unpaired) electrons. The molecule has 1 aromatic carbocycles. The van der Waals surface area contributed by atoms with Crippen molar-refractivity contribution < 1.29 is 17.9 Å². The van der Waals surface area contributed by atoms with E-state index in [2.05, 4.69) is 15.5 Å². The molecule has 0 amide bonds. The van der Waals surface area contributed by atoms with Crippen LogP contribution in [0, 0.1) is 0 Å². The fourth-order valence-corrected chi connectivity index (χ4v) is 4.90.